The zero-order valence-corrected chi connectivity index (χ0v) is 10.8. The number of ether oxygens (including phenoxy) is 1. The molecule has 16 heavy (non-hydrogen) atoms. The Morgan fingerprint density at radius 3 is 2.75 bits per heavy atom. The van der Waals surface area contributed by atoms with Crippen LogP contribution >= 0.6 is 0 Å². The second kappa shape index (κ2) is 6.89. The van der Waals surface area contributed by atoms with Gasteiger partial charge in [-0.15, -0.1) is 0 Å². The monoisotopic (exact) mass is 227 g/mol. The second-order valence-corrected chi connectivity index (χ2v) is 4.98. The van der Waals surface area contributed by atoms with Crippen molar-refractivity contribution in [1.29, 1.82) is 0 Å². The molecule has 0 bridgehead atoms. The normalized spacial score (nSPS) is 27.4. The maximum absolute atomic E-state index is 11.6. The molecule has 94 valence electrons. The fraction of sp³-hybridized carbons (Fsp3) is 0.923. The van der Waals surface area contributed by atoms with E-state index in [1.54, 1.807) is 0 Å². The van der Waals surface area contributed by atoms with E-state index in [0.717, 1.165) is 12.8 Å². The Hall–Kier alpha value is -0.570. The van der Waals surface area contributed by atoms with E-state index in [1.807, 2.05) is 0 Å². The second-order valence-electron chi connectivity index (χ2n) is 4.98. The quantitative estimate of drug-likeness (QED) is 0.733. The third-order valence-corrected chi connectivity index (χ3v) is 3.52. The van der Waals surface area contributed by atoms with Crippen molar-refractivity contribution in [3.05, 3.63) is 0 Å². The van der Waals surface area contributed by atoms with Crippen LogP contribution in [0, 0.1) is 5.92 Å². The number of hydrogen-bond acceptors (Lipinski definition) is 3. The van der Waals surface area contributed by atoms with E-state index in [9.17, 15) is 4.79 Å². The zero-order valence-electron chi connectivity index (χ0n) is 10.8. The lowest BCUT2D eigenvalue weighted by Crippen LogP contribution is -2.36. The van der Waals surface area contributed by atoms with E-state index in [-0.39, 0.29) is 12.1 Å². The molecule has 0 heterocycles. The van der Waals surface area contributed by atoms with Gasteiger partial charge in [-0.1, -0.05) is 20.3 Å². The van der Waals surface area contributed by atoms with Crippen molar-refractivity contribution < 1.29 is 9.53 Å². The number of carbonyl (C=O) groups is 1. The maximum Gasteiger partial charge on any atom is 0.320 e. The number of rotatable bonds is 5. The van der Waals surface area contributed by atoms with Gasteiger partial charge in [0, 0.05) is 6.04 Å². The zero-order chi connectivity index (χ0) is 12.0. The average Bonchev–Trinajstić information content (AvgIpc) is 2.29. The van der Waals surface area contributed by atoms with Gasteiger partial charge in [0.05, 0.1) is 6.54 Å². The summed E-state index contributed by atoms with van der Waals surface area (Å²) >= 11 is 0. The van der Waals surface area contributed by atoms with Crippen molar-refractivity contribution >= 4 is 5.97 Å². The van der Waals surface area contributed by atoms with E-state index in [2.05, 4.69) is 26.1 Å². The van der Waals surface area contributed by atoms with Crippen LogP contribution in [-0.2, 0) is 9.53 Å². The fourth-order valence-electron chi connectivity index (χ4n) is 2.07. The van der Waals surface area contributed by atoms with Crippen LogP contribution in [0.2, 0.25) is 0 Å². The molecule has 1 fully saturated rings. The molecule has 1 N–H and O–H groups in total. The molecule has 3 atom stereocenters. The number of hydrogen-bond donors (Lipinski definition) is 1. The first kappa shape index (κ1) is 13.5. The Bertz CT molecular complexity index is 218. The molecule has 1 saturated carbocycles. The first-order valence-corrected chi connectivity index (χ1v) is 6.56. The third kappa shape index (κ3) is 4.52. The van der Waals surface area contributed by atoms with E-state index in [1.165, 1.54) is 19.3 Å². The Morgan fingerprint density at radius 1 is 1.44 bits per heavy atom. The Labute approximate surface area is 98.9 Å². The van der Waals surface area contributed by atoms with E-state index in [0.29, 0.717) is 18.5 Å². The van der Waals surface area contributed by atoms with Gasteiger partial charge in [-0.05, 0) is 38.5 Å². The van der Waals surface area contributed by atoms with Crippen LogP contribution in [0.4, 0.5) is 0 Å². The van der Waals surface area contributed by atoms with Gasteiger partial charge in [0.15, 0.2) is 0 Å². The summed E-state index contributed by atoms with van der Waals surface area (Å²) in [6.45, 7) is 6.71. The standard InChI is InChI=1S/C13H25NO2/c1-4-11(3)14-9-13(15)16-12-8-6-5-7-10(12)2/h10-12,14H,4-9H2,1-3H3. The minimum absolute atomic E-state index is 0.0981. The number of nitrogens with one attached hydrogen (secondary N) is 1. The van der Waals surface area contributed by atoms with Gasteiger partial charge in [-0.3, -0.25) is 4.79 Å². The van der Waals surface area contributed by atoms with Crippen molar-refractivity contribution in [2.24, 2.45) is 5.92 Å². The molecular weight excluding hydrogens is 202 g/mol. The highest BCUT2D eigenvalue weighted by Crippen LogP contribution is 2.26. The average molecular weight is 227 g/mol. The lowest BCUT2D eigenvalue weighted by Gasteiger charge is -2.28. The third-order valence-electron chi connectivity index (χ3n) is 3.52. The van der Waals surface area contributed by atoms with Gasteiger partial charge in [0.1, 0.15) is 6.10 Å². The summed E-state index contributed by atoms with van der Waals surface area (Å²) in [7, 11) is 0. The Morgan fingerprint density at radius 2 is 2.12 bits per heavy atom. The molecular formula is C13H25NO2. The van der Waals surface area contributed by atoms with Gasteiger partial charge in [0.2, 0.25) is 0 Å². The molecule has 3 heteroatoms. The summed E-state index contributed by atoms with van der Waals surface area (Å²) < 4.78 is 5.50. The first-order chi connectivity index (χ1) is 7.63. The molecule has 0 aromatic rings. The molecule has 1 aliphatic rings. The van der Waals surface area contributed by atoms with Gasteiger partial charge in [-0.2, -0.15) is 0 Å². The van der Waals surface area contributed by atoms with Crippen LogP contribution in [-0.4, -0.2) is 24.7 Å². The minimum Gasteiger partial charge on any atom is -0.461 e. The highest BCUT2D eigenvalue weighted by atomic mass is 16.5. The molecule has 0 aromatic carbocycles. The SMILES string of the molecule is CCC(C)NCC(=O)OC1CCCCC1C. The first-order valence-electron chi connectivity index (χ1n) is 6.56. The molecule has 0 aliphatic heterocycles. The summed E-state index contributed by atoms with van der Waals surface area (Å²) in [6, 6.07) is 0.385. The lowest BCUT2D eigenvalue weighted by atomic mass is 9.88. The van der Waals surface area contributed by atoms with Gasteiger partial charge >= 0.3 is 5.97 Å². The smallest absolute Gasteiger partial charge is 0.320 e. The molecule has 1 rings (SSSR count). The maximum atomic E-state index is 11.6. The predicted octanol–water partition coefficient (Wildman–Crippen LogP) is 2.50. The molecule has 0 aromatic heterocycles. The van der Waals surface area contributed by atoms with Crippen LogP contribution in [0.15, 0.2) is 0 Å². The molecule has 0 saturated heterocycles. The highest BCUT2D eigenvalue weighted by Gasteiger charge is 2.24. The van der Waals surface area contributed by atoms with Crippen molar-refractivity contribution in [2.45, 2.75) is 65.0 Å². The van der Waals surface area contributed by atoms with Crippen LogP contribution in [0.5, 0.6) is 0 Å². The van der Waals surface area contributed by atoms with Crippen LogP contribution in [0.25, 0.3) is 0 Å². The summed E-state index contributed by atoms with van der Waals surface area (Å²) in [4.78, 5) is 11.6. The summed E-state index contributed by atoms with van der Waals surface area (Å²) in [5.41, 5.74) is 0. The Balaban J connectivity index is 2.22. The predicted molar refractivity (Wildman–Crippen MR) is 65.3 cm³/mol. The van der Waals surface area contributed by atoms with Gasteiger partial charge in [0.25, 0.3) is 0 Å². The topological polar surface area (TPSA) is 38.3 Å². The minimum atomic E-state index is -0.0981. The summed E-state index contributed by atoms with van der Waals surface area (Å²) in [6.07, 6.45) is 5.89. The fourth-order valence-corrected chi connectivity index (χ4v) is 2.07. The van der Waals surface area contributed by atoms with Crippen molar-refractivity contribution in [1.82, 2.24) is 5.32 Å². The van der Waals surface area contributed by atoms with E-state index in [4.69, 9.17) is 4.74 Å². The van der Waals surface area contributed by atoms with Crippen molar-refractivity contribution in [3.8, 4) is 0 Å². The lowest BCUT2D eigenvalue weighted by molar-refractivity contribution is -0.152. The van der Waals surface area contributed by atoms with Gasteiger partial charge < -0.3 is 10.1 Å². The van der Waals surface area contributed by atoms with Crippen molar-refractivity contribution in [3.63, 3.8) is 0 Å². The highest BCUT2D eigenvalue weighted by molar-refractivity contribution is 5.71. The molecule has 0 amide bonds. The molecule has 3 unspecified atom stereocenters. The summed E-state index contributed by atoms with van der Waals surface area (Å²) in [5.74, 6) is 0.431. The molecule has 3 nitrogen and oxygen atoms in total. The van der Waals surface area contributed by atoms with Crippen LogP contribution in [0.1, 0.15) is 52.9 Å². The Kier molecular flexibility index (Phi) is 5.81. The van der Waals surface area contributed by atoms with E-state index < -0.39 is 0 Å². The van der Waals surface area contributed by atoms with E-state index >= 15 is 0 Å². The van der Waals surface area contributed by atoms with Crippen LogP contribution in [0.3, 0.4) is 0 Å². The largest absolute Gasteiger partial charge is 0.461 e. The van der Waals surface area contributed by atoms with Crippen molar-refractivity contribution in [2.75, 3.05) is 6.54 Å². The van der Waals surface area contributed by atoms with Crippen LogP contribution < -0.4 is 5.32 Å². The van der Waals surface area contributed by atoms with Gasteiger partial charge in [-0.25, -0.2) is 0 Å². The number of esters is 1. The molecule has 1 aliphatic carbocycles. The number of carbonyl (C=O) groups excluding carboxylic acids is 1. The summed E-state index contributed by atoms with van der Waals surface area (Å²) in [5, 5.41) is 3.16. The molecule has 0 radical (unpaired) electrons. The molecule has 0 spiro atoms.